The highest BCUT2D eigenvalue weighted by molar-refractivity contribution is 5.87. The Labute approximate surface area is 198 Å². The zero-order valence-corrected chi connectivity index (χ0v) is 20.6. The summed E-state index contributed by atoms with van der Waals surface area (Å²) < 4.78 is 11.3. The minimum absolute atomic E-state index is 0.0149. The average molecular weight is 455 g/mol. The molecule has 180 valence electrons. The monoisotopic (exact) mass is 454 g/mol. The molecule has 33 heavy (non-hydrogen) atoms. The standard InChI is InChI=1S/C27H38N2O4/c1-6-23(27(31)28-20(4)5)29(19-22-12-10-9-11-13-22)26(30)17-15-21-14-16-24(32-7-2)25(18-21)33-8-3/h9-14,16,18,20,23H,6-8,15,17,19H2,1-5H3,(H,28,31)/t23-/m1/s1. The van der Waals surface area contributed by atoms with E-state index in [-0.39, 0.29) is 17.9 Å². The fraction of sp³-hybridized carbons (Fsp3) is 0.481. The minimum atomic E-state index is -0.514. The van der Waals surface area contributed by atoms with Crippen molar-refractivity contribution in [3.05, 3.63) is 59.7 Å². The number of rotatable bonds is 13. The van der Waals surface area contributed by atoms with E-state index in [0.29, 0.717) is 50.5 Å². The Bertz CT molecular complexity index is 883. The van der Waals surface area contributed by atoms with Crippen LogP contribution in [0.15, 0.2) is 48.5 Å². The van der Waals surface area contributed by atoms with Crippen LogP contribution in [-0.2, 0) is 22.6 Å². The van der Waals surface area contributed by atoms with Gasteiger partial charge in [-0.05, 0) is 63.8 Å². The van der Waals surface area contributed by atoms with Crippen molar-refractivity contribution in [3.8, 4) is 11.5 Å². The molecule has 2 rings (SSSR count). The molecule has 0 unspecified atom stereocenters. The average Bonchev–Trinajstić information content (AvgIpc) is 2.79. The van der Waals surface area contributed by atoms with Crippen LogP contribution in [0.5, 0.6) is 11.5 Å². The van der Waals surface area contributed by atoms with Crippen molar-refractivity contribution in [2.24, 2.45) is 0 Å². The third-order valence-electron chi connectivity index (χ3n) is 5.25. The first-order chi connectivity index (χ1) is 15.9. The first-order valence-corrected chi connectivity index (χ1v) is 11.9. The summed E-state index contributed by atoms with van der Waals surface area (Å²) in [4.78, 5) is 28.0. The number of nitrogens with one attached hydrogen (secondary N) is 1. The molecule has 0 spiro atoms. The molecule has 0 saturated heterocycles. The summed E-state index contributed by atoms with van der Waals surface area (Å²) in [5.74, 6) is 1.23. The maximum Gasteiger partial charge on any atom is 0.243 e. The molecule has 1 N–H and O–H groups in total. The van der Waals surface area contributed by atoms with E-state index in [4.69, 9.17) is 9.47 Å². The van der Waals surface area contributed by atoms with Crippen LogP contribution >= 0.6 is 0 Å². The summed E-state index contributed by atoms with van der Waals surface area (Å²) in [6.07, 6.45) is 1.41. The zero-order chi connectivity index (χ0) is 24.2. The van der Waals surface area contributed by atoms with E-state index in [2.05, 4.69) is 5.32 Å². The molecule has 0 saturated carbocycles. The lowest BCUT2D eigenvalue weighted by atomic mass is 10.1. The summed E-state index contributed by atoms with van der Waals surface area (Å²) in [6.45, 7) is 11.2. The molecule has 0 bridgehead atoms. The second-order valence-corrected chi connectivity index (χ2v) is 8.24. The molecule has 0 radical (unpaired) electrons. The van der Waals surface area contributed by atoms with E-state index in [1.54, 1.807) is 4.90 Å². The Morgan fingerprint density at radius 1 is 0.909 bits per heavy atom. The highest BCUT2D eigenvalue weighted by Gasteiger charge is 2.28. The van der Waals surface area contributed by atoms with Crippen LogP contribution in [0.25, 0.3) is 0 Å². The molecule has 2 aromatic carbocycles. The molecular weight excluding hydrogens is 416 g/mol. The van der Waals surface area contributed by atoms with Gasteiger partial charge in [-0.25, -0.2) is 0 Å². The molecule has 0 aliphatic heterocycles. The Morgan fingerprint density at radius 3 is 2.18 bits per heavy atom. The van der Waals surface area contributed by atoms with Crippen molar-refractivity contribution < 1.29 is 19.1 Å². The third kappa shape index (κ3) is 8.12. The van der Waals surface area contributed by atoms with Gasteiger partial charge in [0.15, 0.2) is 11.5 Å². The number of carbonyl (C=O) groups excluding carboxylic acids is 2. The number of benzene rings is 2. The van der Waals surface area contributed by atoms with Crippen LogP contribution in [0.4, 0.5) is 0 Å². The number of aryl methyl sites for hydroxylation is 1. The van der Waals surface area contributed by atoms with Crippen LogP contribution in [0.2, 0.25) is 0 Å². The molecule has 2 aromatic rings. The molecule has 0 aliphatic rings. The van der Waals surface area contributed by atoms with Gasteiger partial charge < -0.3 is 19.7 Å². The number of hydrogen-bond donors (Lipinski definition) is 1. The van der Waals surface area contributed by atoms with E-state index < -0.39 is 6.04 Å². The molecule has 2 amide bonds. The van der Waals surface area contributed by atoms with Gasteiger partial charge in [-0.3, -0.25) is 9.59 Å². The lowest BCUT2D eigenvalue weighted by Crippen LogP contribution is -2.50. The quantitative estimate of drug-likeness (QED) is 0.474. The predicted molar refractivity (Wildman–Crippen MR) is 131 cm³/mol. The number of hydrogen-bond acceptors (Lipinski definition) is 4. The van der Waals surface area contributed by atoms with E-state index in [1.165, 1.54) is 0 Å². The van der Waals surface area contributed by atoms with Crippen LogP contribution in [0.1, 0.15) is 58.6 Å². The van der Waals surface area contributed by atoms with Gasteiger partial charge in [0.1, 0.15) is 6.04 Å². The Kier molecular flexibility index (Phi) is 10.7. The van der Waals surface area contributed by atoms with Gasteiger partial charge in [0, 0.05) is 19.0 Å². The molecule has 6 nitrogen and oxygen atoms in total. The van der Waals surface area contributed by atoms with Gasteiger partial charge in [0.05, 0.1) is 13.2 Å². The predicted octanol–water partition coefficient (Wildman–Crippen LogP) is 4.75. The normalized spacial score (nSPS) is 11.7. The second kappa shape index (κ2) is 13.5. The van der Waals surface area contributed by atoms with Crippen molar-refractivity contribution in [2.75, 3.05) is 13.2 Å². The molecule has 0 aromatic heterocycles. The molecule has 6 heteroatoms. The van der Waals surface area contributed by atoms with Crippen LogP contribution in [0, 0.1) is 0 Å². The van der Waals surface area contributed by atoms with E-state index >= 15 is 0 Å². The Morgan fingerprint density at radius 2 is 1.58 bits per heavy atom. The first kappa shape index (κ1) is 26.2. The van der Waals surface area contributed by atoms with Crippen molar-refractivity contribution in [1.82, 2.24) is 10.2 Å². The first-order valence-electron chi connectivity index (χ1n) is 11.9. The third-order valence-corrected chi connectivity index (χ3v) is 5.25. The number of carbonyl (C=O) groups is 2. The second-order valence-electron chi connectivity index (χ2n) is 8.24. The fourth-order valence-electron chi connectivity index (χ4n) is 3.73. The summed E-state index contributed by atoms with van der Waals surface area (Å²) in [5.41, 5.74) is 2.00. The molecule has 0 aliphatic carbocycles. The Hall–Kier alpha value is -3.02. The summed E-state index contributed by atoms with van der Waals surface area (Å²) in [7, 11) is 0. The zero-order valence-electron chi connectivity index (χ0n) is 20.6. The van der Waals surface area contributed by atoms with Crippen LogP contribution in [0.3, 0.4) is 0 Å². The van der Waals surface area contributed by atoms with E-state index in [1.807, 2.05) is 83.1 Å². The van der Waals surface area contributed by atoms with Crippen molar-refractivity contribution in [1.29, 1.82) is 0 Å². The van der Waals surface area contributed by atoms with Gasteiger partial charge in [-0.2, -0.15) is 0 Å². The molecular formula is C27H38N2O4. The maximum absolute atomic E-state index is 13.4. The number of nitrogens with zero attached hydrogens (tertiary/aromatic N) is 1. The largest absolute Gasteiger partial charge is 0.490 e. The SMILES string of the molecule is CCOc1ccc(CCC(=O)N(Cc2ccccc2)[C@H](CC)C(=O)NC(C)C)cc1OCC. The Balaban J connectivity index is 2.20. The maximum atomic E-state index is 13.4. The molecule has 0 heterocycles. The summed E-state index contributed by atoms with van der Waals surface area (Å²) in [5, 5.41) is 2.97. The highest BCUT2D eigenvalue weighted by Crippen LogP contribution is 2.29. The van der Waals surface area contributed by atoms with E-state index in [0.717, 1.165) is 11.1 Å². The number of amides is 2. The van der Waals surface area contributed by atoms with Gasteiger partial charge >= 0.3 is 0 Å². The lowest BCUT2D eigenvalue weighted by molar-refractivity contribution is -0.141. The molecule has 1 atom stereocenters. The van der Waals surface area contributed by atoms with Gasteiger partial charge in [0.25, 0.3) is 0 Å². The van der Waals surface area contributed by atoms with Crippen LogP contribution in [-0.4, -0.2) is 42.0 Å². The summed E-state index contributed by atoms with van der Waals surface area (Å²) in [6, 6.07) is 15.1. The smallest absolute Gasteiger partial charge is 0.243 e. The summed E-state index contributed by atoms with van der Waals surface area (Å²) >= 11 is 0. The van der Waals surface area contributed by atoms with E-state index in [9.17, 15) is 9.59 Å². The fourth-order valence-corrected chi connectivity index (χ4v) is 3.73. The molecule has 0 fully saturated rings. The number of ether oxygens (including phenoxy) is 2. The van der Waals surface area contributed by atoms with Gasteiger partial charge in [-0.1, -0.05) is 43.3 Å². The van der Waals surface area contributed by atoms with Crippen molar-refractivity contribution >= 4 is 11.8 Å². The van der Waals surface area contributed by atoms with Crippen LogP contribution < -0.4 is 14.8 Å². The van der Waals surface area contributed by atoms with Crippen molar-refractivity contribution in [2.45, 2.75) is 72.5 Å². The van der Waals surface area contributed by atoms with Crippen molar-refractivity contribution in [3.63, 3.8) is 0 Å². The highest BCUT2D eigenvalue weighted by atomic mass is 16.5. The van der Waals surface area contributed by atoms with Gasteiger partial charge in [-0.15, -0.1) is 0 Å². The lowest BCUT2D eigenvalue weighted by Gasteiger charge is -2.31. The minimum Gasteiger partial charge on any atom is -0.490 e. The topological polar surface area (TPSA) is 67.9 Å². The van der Waals surface area contributed by atoms with Gasteiger partial charge in [0.2, 0.25) is 11.8 Å².